The lowest BCUT2D eigenvalue weighted by Gasteiger charge is -2.37. The van der Waals surface area contributed by atoms with Gasteiger partial charge in [0.2, 0.25) is 5.91 Å². The zero-order chi connectivity index (χ0) is 16.4. The molecule has 1 aliphatic carbocycles. The average Bonchev–Trinajstić information content (AvgIpc) is 3.28. The minimum atomic E-state index is -0.898. The van der Waals surface area contributed by atoms with Crippen LogP contribution in [-0.4, -0.2) is 35.7 Å². The summed E-state index contributed by atoms with van der Waals surface area (Å²) >= 11 is 6.19. The molecule has 1 aromatic rings. The van der Waals surface area contributed by atoms with Crippen molar-refractivity contribution in [1.29, 1.82) is 0 Å². The number of carbonyl (C=O) groups excluding carboxylic acids is 1. The maximum absolute atomic E-state index is 12.6. The second-order valence-corrected chi connectivity index (χ2v) is 6.83. The molecule has 0 bridgehead atoms. The molecule has 1 amide bonds. The fraction of sp³-hybridized carbons (Fsp3) is 0.529. The van der Waals surface area contributed by atoms with Crippen LogP contribution in [0.2, 0.25) is 5.02 Å². The molecule has 2 aliphatic rings. The number of hydrogen-bond donors (Lipinski definition) is 2. The molecule has 2 unspecified atom stereocenters. The molecular weight excluding hydrogens is 318 g/mol. The van der Waals surface area contributed by atoms with Gasteiger partial charge in [-0.05, 0) is 36.8 Å². The zero-order valence-electron chi connectivity index (χ0n) is 12.8. The summed E-state index contributed by atoms with van der Waals surface area (Å²) in [5.41, 5.74) is 0.308. The highest BCUT2D eigenvalue weighted by atomic mass is 35.5. The third kappa shape index (κ3) is 3.67. The molecule has 1 aromatic carbocycles. The summed E-state index contributed by atoms with van der Waals surface area (Å²) < 4.78 is 5.31. The summed E-state index contributed by atoms with van der Waals surface area (Å²) in [4.78, 5) is 23.7. The summed E-state index contributed by atoms with van der Waals surface area (Å²) in [6.45, 7) is 0.957. The van der Waals surface area contributed by atoms with Crippen molar-refractivity contribution < 1.29 is 19.4 Å². The van der Waals surface area contributed by atoms with Crippen LogP contribution in [0, 0.1) is 5.92 Å². The molecule has 2 N–H and O–H groups in total. The molecule has 124 valence electrons. The number of amides is 1. The van der Waals surface area contributed by atoms with Crippen molar-refractivity contribution in [2.24, 2.45) is 5.92 Å². The SMILES string of the molecule is O=C(O)CC1(NC(=O)C2CC2c2ccccc2Cl)CCOCC1. The number of benzene rings is 1. The van der Waals surface area contributed by atoms with Crippen molar-refractivity contribution in [2.45, 2.75) is 37.1 Å². The van der Waals surface area contributed by atoms with Gasteiger partial charge in [0.1, 0.15) is 0 Å². The van der Waals surface area contributed by atoms with Gasteiger partial charge in [0.05, 0.1) is 12.0 Å². The van der Waals surface area contributed by atoms with Gasteiger partial charge in [-0.3, -0.25) is 9.59 Å². The number of nitrogens with one attached hydrogen (secondary N) is 1. The minimum absolute atomic E-state index is 0.0639. The van der Waals surface area contributed by atoms with Gasteiger partial charge in [0.25, 0.3) is 0 Å². The van der Waals surface area contributed by atoms with E-state index >= 15 is 0 Å². The lowest BCUT2D eigenvalue weighted by molar-refractivity contribution is -0.140. The van der Waals surface area contributed by atoms with Crippen molar-refractivity contribution in [3.8, 4) is 0 Å². The van der Waals surface area contributed by atoms with E-state index in [1.807, 2.05) is 24.3 Å². The first-order valence-corrected chi connectivity index (χ1v) is 8.24. The number of ether oxygens (including phenoxy) is 1. The van der Waals surface area contributed by atoms with E-state index in [1.165, 1.54) is 0 Å². The Labute approximate surface area is 140 Å². The topological polar surface area (TPSA) is 75.6 Å². The summed E-state index contributed by atoms with van der Waals surface area (Å²) in [6, 6.07) is 7.56. The summed E-state index contributed by atoms with van der Waals surface area (Å²) in [5.74, 6) is -0.961. The van der Waals surface area contributed by atoms with E-state index in [1.54, 1.807) is 0 Å². The maximum atomic E-state index is 12.6. The lowest BCUT2D eigenvalue weighted by Crippen LogP contribution is -2.53. The van der Waals surface area contributed by atoms with E-state index in [2.05, 4.69) is 5.32 Å². The summed E-state index contributed by atoms with van der Waals surface area (Å²) in [5, 5.41) is 12.8. The predicted molar refractivity (Wildman–Crippen MR) is 85.5 cm³/mol. The third-order valence-electron chi connectivity index (χ3n) is 4.76. The van der Waals surface area contributed by atoms with Crippen LogP contribution >= 0.6 is 11.6 Å². The molecule has 1 heterocycles. The highest BCUT2D eigenvalue weighted by Gasteiger charge is 2.47. The molecular formula is C17H20ClNO4. The number of aliphatic carboxylic acids is 1. The normalized spacial score (nSPS) is 25.6. The Morgan fingerprint density at radius 2 is 2.00 bits per heavy atom. The highest BCUT2D eigenvalue weighted by Crippen LogP contribution is 2.50. The molecule has 2 atom stereocenters. The molecule has 1 saturated heterocycles. The number of hydrogen-bond acceptors (Lipinski definition) is 3. The Hall–Kier alpha value is -1.59. The Balaban J connectivity index is 1.67. The highest BCUT2D eigenvalue weighted by molar-refractivity contribution is 6.31. The average molecular weight is 338 g/mol. The van der Waals surface area contributed by atoms with Crippen molar-refractivity contribution >= 4 is 23.5 Å². The van der Waals surface area contributed by atoms with E-state index in [0.717, 1.165) is 12.0 Å². The van der Waals surface area contributed by atoms with Gasteiger partial charge in [0, 0.05) is 24.2 Å². The first-order valence-electron chi connectivity index (χ1n) is 7.87. The number of carboxylic acids is 1. The van der Waals surface area contributed by atoms with Crippen molar-refractivity contribution in [2.75, 3.05) is 13.2 Å². The fourth-order valence-electron chi connectivity index (χ4n) is 3.36. The third-order valence-corrected chi connectivity index (χ3v) is 5.10. The number of rotatable bonds is 5. The van der Waals surface area contributed by atoms with Gasteiger partial charge in [0.15, 0.2) is 0 Å². The fourth-order valence-corrected chi connectivity index (χ4v) is 3.63. The molecule has 0 spiro atoms. The van der Waals surface area contributed by atoms with Gasteiger partial charge < -0.3 is 15.2 Å². The van der Waals surface area contributed by atoms with Crippen LogP contribution in [0.5, 0.6) is 0 Å². The molecule has 2 fully saturated rings. The van der Waals surface area contributed by atoms with Crippen LogP contribution in [-0.2, 0) is 14.3 Å². The summed E-state index contributed by atoms with van der Waals surface area (Å²) in [7, 11) is 0. The van der Waals surface area contributed by atoms with Crippen LogP contribution in [0.4, 0.5) is 0 Å². The van der Waals surface area contributed by atoms with Gasteiger partial charge in [-0.2, -0.15) is 0 Å². The Kier molecular flexibility index (Phi) is 4.60. The predicted octanol–water partition coefficient (Wildman–Crippen LogP) is 2.58. The van der Waals surface area contributed by atoms with Crippen molar-refractivity contribution in [3.05, 3.63) is 34.9 Å². The molecule has 1 aliphatic heterocycles. The van der Waals surface area contributed by atoms with Gasteiger partial charge in [-0.25, -0.2) is 0 Å². The minimum Gasteiger partial charge on any atom is -0.481 e. The van der Waals surface area contributed by atoms with E-state index in [-0.39, 0.29) is 24.2 Å². The molecule has 23 heavy (non-hydrogen) atoms. The van der Waals surface area contributed by atoms with Crippen LogP contribution in [0.15, 0.2) is 24.3 Å². The molecule has 0 radical (unpaired) electrons. The second-order valence-electron chi connectivity index (χ2n) is 6.42. The van der Waals surface area contributed by atoms with Crippen LogP contribution in [0.25, 0.3) is 0 Å². The van der Waals surface area contributed by atoms with Crippen LogP contribution < -0.4 is 5.32 Å². The largest absolute Gasteiger partial charge is 0.481 e. The van der Waals surface area contributed by atoms with Crippen LogP contribution in [0.1, 0.15) is 37.2 Å². The van der Waals surface area contributed by atoms with E-state index < -0.39 is 11.5 Å². The Morgan fingerprint density at radius 1 is 1.30 bits per heavy atom. The first kappa shape index (κ1) is 16.3. The molecule has 1 saturated carbocycles. The Bertz CT molecular complexity index is 612. The molecule has 5 nitrogen and oxygen atoms in total. The molecule has 6 heteroatoms. The standard InChI is InChI=1S/C17H20ClNO4/c18-14-4-2-1-3-11(14)12-9-13(12)16(22)19-17(10-15(20)21)5-7-23-8-6-17/h1-4,12-13H,5-10H2,(H,19,22)(H,20,21). The molecule has 0 aromatic heterocycles. The number of carbonyl (C=O) groups is 2. The quantitative estimate of drug-likeness (QED) is 0.866. The van der Waals surface area contributed by atoms with E-state index in [0.29, 0.717) is 31.1 Å². The second kappa shape index (κ2) is 6.49. The zero-order valence-corrected chi connectivity index (χ0v) is 13.5. The van der Waals surface area contributed by atoms with Gasteiger partial charge >= 0.3 is 5.97 Å². The van der Waals surface area contributed by atoms with E-state index in [4.69, 9.17) is 21.4 Å². The van der Waals surface area contributed by atoms with Gasteiger partial charge in [-0.15, -0.1) is 0 Å². The lowest BCUT2D eigenvalue weighted by atomic mass is 9.86. The Morgan fingerprint density at radius 3 is 2.65 bits per heavy atom. The summed E-state index contributed by atoms with van der Waals surface area (Å²) in [6.07, 6.45) is 1.77. The monoisotopic (exact) mass is 337 g/mol. The number of carboxylic acid groups (broad SMARTS) is 1. The van der Waals surface area contributed by atoms with Gasteiger partial charge in [-0.1, -0.05) is 29.8 Å². The smallest absolute Gasteiger partial charge is 0.305 e. The molecule has 3 rings (SSSR count). The van der Waals surface area contributed by atoms with Crippen LogP contribution in [0.3, 0.4) is 0 Å². The maximum Gasteiger partial charge on any atom is 0.305 e. The van der Waals surface area contributed by atoms with Crippen molar-refractivity contribution in [3.63, 3.8) is 0 Å². The van der Waals surface area contributed by atoms with E-state index in [9.17, 15) is 9.59 Å². The first-order chi connectivity index (χ1) is 11.0. The number of halogens is 1. The van der Waals surface area contributed by atoms with Crippen molar-refractivity contribution in [1.82, 2.24) is 5.32 Å².